The average molecular weight is 300 g/mol. The zero-order valence-corrected chi connectivity index (χ0v) is 13.7. The maximum atomic E-state index is 12.7. The van der Waals surface area contributed by atoms with Crippen molar-refractivity contribution in [3.8, 4) is 0 Å². The number of amides is 1. The third-order valence-electron chi connectivity index (χ3n) is 5.14. The molecule has 2 atom stereocenters. The van der Waals surface area contributed by atoms with Gasteiger partial charge >= 0.3 is 0 Å². The largest absolute Gasteiger partial charge is 0.335 e. The molecule has 2 fully saturated rings. The zero-order chi connectivity index (χ0) is 15.4. The first kappa shape index (κ1) is 15.5. The number of nitrogens with one attached hydrogen (secondary N) is 1. The number of carbonyl (C=O) groups is 1. The van der Waals surface area contributed by atoms with Gasteiger partial charge in [0.25, 0.3) is 0 Å². The first-order chi connectivity index (χ1) is 10.8. The van der Waals surface area contributed by atoms with E-state index < -0.39 is 0 Å². The lowest BCUT2D eigenvalue weighted by Crippen LogP contribution is -2.43. The Labute approximate surface area is 134 Å². The van der Waals surface area contributed by atoms with Crippen molar-refractivity contribution in [3.63, 3.8) is 0 Å². The second kappa shape index (κ2) is 7.28. The minimum Gasteiger partial charge on any atom is -0.335 e. The fourth-order valence-electron chi connectivity index (χ4n) is 3.86. The van der Waals surface area contributed by atoms with Crippen LogP contribution in [0.3, 0.4) is 0 Å². The van der Waals surface area contributed by atoms with E-state index >= 15 is 0 Å². The SMILES string of the molecule is CCCCc1ccc(CC(=O)N2C3CCNCC2CC3)cc1. The van der Waals surface area contributed by atoms with Crippen molar-refractivity contribution in [2.75, 3.05) is 13.1 Å². The molecule has 3 heteroatoms. The minimum atomic E-state index is 0.317. The highest BCUT2D eigenvalue weighted by molar-refractivity contribution is 5.79. The van der Waals surface area contributed by atoms with Gasteiger partial charge in [0.2, 0.25) is 5.91 Å². The van der Waals surface area contributed by atoms with Crippen LogP contribution in [-0.4, -0.2) is 36.0 Å². The number of fused-ring (bicyclic) bond motifs is 2. The normalized spacial score (nSPS) is 24.3. The van der Waals surface area contributed by atoms with Crippen LogP contribution in [-0.2, 0) is 17.6 Å². The molecular weight excluding hydrogens is 272 g/mol. The van der Waals surface area contributed by atoms with Crippen molar-refractivity contribution < 1.29 is 4.79 Å². The Balaban J connectivity index is 1.61. The molecule has 0 spiro atoms. The highest BCUT2D eigenvalue weighted by Gasteiger charge is 2.37. The lowest BCUT2D eigenvalue weighted by molar-refractivity contribution is -0.133. The van der Waals surface area contributed by atoms with Crippen molar-refractivity contribution in [3.05, 3.63) is 35.4 Å². The summed E-state index contributed by atoms with van der Waals surface area (Å²) in [5.41, 5.74) is 2.54. The Morgan fingerprint density at radius 3 is 2.64 bits per heavy atom. The molecule has 1 aromatic carbocycles. The molecule has 2 unspecified atom stereocenters. The molecule has 120 valence electrons. The number of nitrogens with zero attached hydrogens (tertiary/aromatic N) is 1. The summed E-state index contributed by atoms with van der Waals surface area (Å²) in [7, 11) is 0. The summed E-state index contributed by atoms with van der Waals surface area (Å²) in [6.45, 7) is 4.24. The zero-order valence-electron chi connectivity index (χ0n) is 13.7. The van der Waals surface area contributed by atoms with E-state index in [1.165, 1.54) is 31.2 Å². The smallest absolute Gasteiger partial charge is 0.227 e. The van der Waals surface area contributed by atoms with Gasteiger partial charge in [0.15, 0.2) is 0 Å². The molecule has 2 bridgehead atoms. The van der Waals surface area contributed by atoms with E-state index in [0.29, 0.717) is 24.4 Å². The lowest BCUT2D eigenvalue weighted by Gasteiger charge is -2.28. The van der Waals surface area contributed by atoms with E-state index in [2.05, 4.69) is 41.4 Å². The molecule has 3 rings (SSSR count). The van der Waals surface area contributed by atoms with Gasteiger partial charge in [-0.25, -0.2) is 0 Å². The Kier molecular flexibility index (Phi) is 5.14. The van der Waals surface area contributed by atoms with E-state index in [-0.39, 0.29) is 0 Å². The molecule has 2 heterocycles. The third kappa shape index (κ3) is 3.52. The van der Waals surface area contributed by atoms with Gasteiger partial charge in [0.1, 0.15) is 0 Å². The van der Waals surface area contributed by atoms with Crippen LogP contribution in [0, 0.1) is 0 Å². The standard InChI is InChI=1S/C19H28N2O/c1-2-3-4-15-5-7-16(8-6-15)13-19(22)21-17-9-10-18(21)14-20-12-11-17/h5-8,17-18,20H,2-4,9-14H2,1H3. The summed E-state index contributed by atoms with van der Waals surface area (Å²) in [6.07, 6.45) is 7.63. The summed E-state index contributed by atoms with van der Waals surface area (Å²) < 4.78 is 0. The quantitative estimate of drug-likeness (QED) is 0.907. The highest BCUT2D eigenvalue weighted by atomic mass is 16.2. The van der Waals surface area contributed by atoms with Crippen LogP contribution in [0.5, 0.6) is 0 Å². The molecule has 2 aliphatic heterocycles. The number of hydrogen-bond acceptors (Lipinski definition) is 2. The van der Waals surface area contributed by atoms with Crippen LogP contribution in [0.15, 0.2) is 24.3 Å². The van der Waals surface area contributed by atoms with Crippen molar-refractivity contribution >= 4 is 5.91 Å². The summed E-state index contributed by atoms with van der Waals surface area (Å²) >= 11 is 0. The lowest BCUT2D eigenvalue weighted by atomic mass is 10.0. The van der Waals surface area contributed by atoms with Gasteiger partial charge in [-0.15, -0.1) is 0 Å². The molecule has 0 aliphatic carbocycles. The van der Waals surface area contributed by atoms with E-state index in [1.807, 2.05) is 0 Å². The predicted molar refractivity (Wildman–Crippen MR) is 89.9 cm³/mol. The van der Waals surface area contributed by atoms with Crippen LogP contribution >= 0.6 is 0 Å². The Morgan fingerprint density at radius 1 is 1.14 bits per heavy atom. The summed E-state index contributed by atoms with van der Waals surface area (Å²) in [5.74, 6) is 0.317. The number of rotatable bonds is 5. The highest BCUT2D eigenvalue weighted by Crippen LogP contribution is 2.28. The maximum absolute atomic E-state index is 12.7. The maximum Gasteiger partial charge on any atom is 0.227 e. The number of benzene rings is 1. The topological polar surface area (TPSA) is 32.3 Å². The molecule has 0 saturated carbocycles. The van der Waals surface area contributed by atoms with Crippen molar-refractivity contribution in [1.82, 2.24) is 10.2 Å². The number of carbonyl (C=O) groups excluding carboxylic acids is 1. The fraction of sp³-hybridized carbons (Fsp3) is 0.632. The van der Waals surface area contributed by atoms with Crippen molar-refractivity contribution in [2.45, 2.75) is 64.0 Å². The van der Waals surface area contributed by atoms with Crippen molar-refractivity contribution in [1.29, 1.82) is 0 Å². The summed E-state index contributed by atoms with van der Waals surface area (Å²) in [5, 5.41) is 3.46. The molecular formula is C19H28N2O. The van der Waals surface area contributed by atoms with Crippen LogP contribution < -0.4 is 5.32 Å². The number of hydrogen-bond donors (Lipinski definition) is 1. The Hall–Kier alpha value is -1.35. The molecule has 0 radical (unpaired) electrons. The van der Waals surface area contributed by atoms with Gasteiger partial charge in [-0.05, 0) is 49.8 Å². The van der Waals surface area contributed by atoms with Crippen LogP contribution in [0.25, 0.3) is 0 Å². The van der Waals surface area contributed by atoms with Crippen LogP contribution in [0.2, 0.25) is 0 Å². The monoisotopic (exact) mass is 300 g/mol. The van der Waals surface area contributed by atoms with Crippen LogP contribution in [0.4, 0.5) is 0 Å². The summed E-state index contributed by atoms with van der Waals surface area (Å²) in [6, 6.07) is 9.55. The molecule has 2 saturated heterocycles. The van der Waals surface area contributed by atoms with Crippen molar-refractivity contribution in [2.24, 2.45) is 0 Å². The first-order valence-corrected chi connectivity index (χ1v) is 8.87. The first-order valence-electron chi connectivity index (χ1n) is 8.87. The van der Waals surface area contributed by atoms with Gasteiger partial charge in [-0.1, -0.05) is 37.6 Å². The van der Waals surface area contributed by atoms with E-state index in [1.54, 1.807) is 0 Å². The second-order valence-electron chi connectivity index (χ2n) is 6.78. The summed E-state index contributed by atoms with van der Waals surface area (Å²) in [4.78, 5) is 14.9. The molecule has 22 heavy (non-hydrogen) atoms. The third-order valence-corrected chi connectivity index (χ3v) is 5.14. The van der Waals surface area contributed by atoms with E-state index in [9.17, 15) is 4.79 Å². The second-order valence-corrected chi connectivity index (χ2v) is 6.78. The molecule has 0 aromatic heterocycles. The predicted octanol–water partition coefficient (Wildman–Crippen LogP) is 2.92. The Bertz CT molecular complexity index is 483. The number of aryl methyl sites for hydroxylation is 1. The molecule has 1 amide bonds. The average Bonchev–Trinajstić information content (AvgIpc) is 2.79. The van der Waals surface area contributed by atoms with E-state index in [4.69, 9.17) is 0 Å². The minimum absolute atomic E-state index is 0.317. The van der Waals surface area contributed by atoms with Gasteiger partial charge in [0.05, 0.1) is 6.42 Å². The molecule has 3 nitrogen and oxygen atoms in total. The fourth-order valence-corrected chi connectivity index (χ4v) is 3.86. The van der Waals surface area contributed by atoms with Gasteiger partial charge in [0, 0.05) is 18.6 Å². The van der Waals surface area contributed by atoms with Gasteiger partial charge in [-0.2, -0.15) is 0 Å². The molecule has 1 N–H and O–H groups in total. The van der Waals surface area contributed by atoms with Crippen LogP contribution in [0.1, 0.15) is 50.2 Å². The van der Waals surface area contributed by atoms with Gasteiger partial charge in [-0.3, -0.25) is 4.79 Å². The Morgan fingerprint density at radius 2 is 1.86 bits per heavy atom. The molecule has 1 aromatic rings. The molecule has 2 aliphatic rings. The van der Waals surface area contributed by atoms with E-state index in [0.717, 1.165) is 31.5 Å². The number of unbranched alkanes of at least 4 members (excludes halogenated alkanes) is 1. The van der Waals surface area contributed by atoms with Gasteiger partial charge < -0.3 is 10.2 Å².